The van der Waals surface area contributed by atoms with Crippen molar-refractivity contribution in [3.05, 3.63) is 57.3 Å². The maximum atomic E-state index is 12.3. The maximum absolute atomic E-state index is 12.3. The van der Waals surface area contributed by atoms with Crippen molar-refractivity contribution < 1.29 is 9.72 Å². The van der Waals surface area contributed by atoms with Crippen molar-refractivity contribution in [2.75, 3.05) is 18.4 Å². The minimum Gasteiger partial charge on any atom is -0.383 e. The Morgan fingerprint density at radius 2 is 2.00 bits per heavy atom. The molecule has 3 rings (SSSR count). The second-order valence-corrected chi connectivity index (χ2v) is 5.76. The van der Waals surface area contributed by atoms with Crippen molar-refractivity contribution in [3.63, 3.8) is 0 Å². The molecule has 11 heteroatoms. The molecule has 2 N–H and O–H groups in total. The van der Waals surface area contributed by atoms with Crippen molar-refractivity contribution in [3.8, 4) is 0 Å². The zero-order valence-corrected chi connectivity index (χ0v) is 14.5. The molecule has 0 saturated heterocycles. The lowest BCUT2D eigenvalue weighted by Crippen LogP contribution is -2.34. The fourth-order valence-corrected chi connectivity index (χ4v) is 2.50. The second kappa shape index (κ2) is 7.64. The van der Waals surface area contributed by atoms with Crippen LogP contribution in [0.3, 0.4) is 0 Å². The summed E-state index contributed by atoms with van der Waals surface area (Å²) in [7, 11) is 1.68. The highest BCUT2D eigenvalue weighted by Gasteiger charge is 2.10. The lowest BCUT2D eigenvalue weighted by atomic mass is 10.3. The van der Waals surface area contributed by atoms with Gasteiger partial charge in [-0.05, 0) is 12.1 Å². The largest absolute Gasteiger partial charge is 0.383 e. The highest BCUT2D eigenvalue weighted by molar-refractivity contribution is 5.77. The van der Waals surface area contributed by atoms with Gasteiger partial charge in [0.1, 0.15) is 18.3 Å². The molecule has 27 heavy (non-hydrogen) atoms. The lowest BCUT2D eigenvalue weighted by Gasteiger charge is -2.09. The van der Waals surface area contributed by atoms with E-state index in [1.54, 1.807) is 19.2 Å². The number of rotatable bonds is 7. The molecule has 0 atom stereocenters. The van der Waals surface area contributed by atoms with Crippen LogP contribution in [0, 0.1) is 10.1 Å². The van der Waals surface area contributed by atoms with E-state index >= 15 is 0 Å². The number of fused-ring (bicyclic) bond motifs is 1. The van der Waals surface area contributed by atoms with Crippen molar-refractivity contribution >= 4 is 28.3 Å². The lowest BCUT2D eigenvalue weighted by molar-refractivity contribution is -0.384. The first-order chi connectivity index (χ1) is 13.0. The third-order valence-electron chi connectivity index (χ3n) is 3.89. The first kappa shape index (κ1) is 18.0. The molecule has 0 unspecified atom stereocenters. The number of amides is 1. The quantitative estimate of drug-likeness (QED) is 0.345. The van der Waals surface area contributed by atoms with Gasteiger partial charge in [-0.2, -0.15) is 5.10 Å². The number of hydrogen-bond donors (Lipinski definition) is 2. The van der Waals surface area contributed by atoms with Gasteiger partial charge < -0.3 is 10.6 Å². The van der Waals surface area contributed by atoms with Crippen LogP contribution >= 0.6 is 0 Å². The molecule has 11 nitrogen and oxygen atoms in total. The Labute approximate surface area is 152 Å². The Kier molecular flexibility index (Phi) is 5.11. The summed E-state index contributed by atoms with van der Waals surface area (Å²) < 4.78 is 2.72. The van der Waals surface area contributed by atoms with E-state index in [0.717, 1.165) is 0 Å². The molecule has 0 radical (unpaired) electrons. The van der Waals surface area contributed by atoms with Gasteiger partial charge in [-0.1, -0.05) is 0 Å². The number of aryl methyl sites for hydroxylation is 1. The molecule has 3 aromatic rings. The third kappa shape index (κ3) is 4.08. The Hall–Kier alpha value is -3.76. The molecular formula is C16H17N7O4. The highest BCUT2D eigenvalue weighted by atomic mass is 16.6. The van der Waals surface area contributed by atoms with Crippen LogP contribution in [0.5, 0.6) is 0 Å². The number of nitrogens with one attached hydrogen (secondary N) is 2. The van der Waals surface area contributed by atoms with Gasteiger partial charge in [0.25, 0.3) is 11.2 Å². The summed E-state index contributed by atoms with van der Waals surface area (Å²) in [5.74, 6) is -0.326. The van der Waals surface area contributed by atoms with Crippen molar-refractivity contribution in [1.29, 1.82) is 0 Å². The van der Waals surface area contributed by atoms with E-state index in [1.165, 1.54) is 33.9 Å². The number of non-ortho nitro benzene ring substituents is 1. The zero-order valence-electron chi connectivity index (χ0n) is 14.5. The molecule has 0 aliphatic rings. The van der Waals surface area contributed by atoms with Gasteiger partial charge >= 0.3 is 0 Å². The zero-order chi connectivity index (χ0) is 19.4. The van der Waals surface area contributed by atoms with Crippen LogP contribution < -0.4 is 16.2 Å². The predicted octanol–water partition coefficient (Wildman–Crippen LogP) is 0.267. The first-order valence-corrected chi connectivity index (χ1v) is 8.08. The second-order valence-electron chi connectivity index (χ2n) is 5.76. The Balaban J connectivity index is 1.49. The van der Waals surface area contributed by atoms with Gasteiger partial charge in [0.2, 0.25) is 5.91 Å². The van der Waals surface area contributed by atoms with E-state index < -0.39 is 4.92 Å². The van der Waals surface area contributed by atoms with Crippen LogP contribution in [0.4, 0.5) is 11.4 Å². The summed E-state index contributed by atoms with van der Waals surface area (Å²) in [6.07, 6.45) is 2.74. The molecule has 1 amide bonds. The Bertz CT molecular complexity index is 1040. The topological polar surface area (TPSA) is 137 Å². The number of benzene rings is 1. The van der Waals surface area contributed by atoms with Gasteiger partial charge in [-0.3, -0.25) is 29.0 Å². The number of anilines is 1. The van der Waals surface area contributed by atoms with Gasteiger partial charge in [0.05, 0.1) is 11.1 Å². The molecule has 140 valence electrons. The van der Waals surface area contributed by atoms with Crippen molar-refractivity contribution in [2.24, 2.45) is 7.05 Å². The van der Waals surface area contributed by atoms with Crippen LogP contribution in [0.1, 0.15) is 0 Å². The number of carbonyl (C=O) groups excluding carboxylic acids is 1. The molecule has 0 aliphatic heterocycles. The van der Waals surface area contributed by atoms with Crippen LogP contribution in [-0.2, 0) is 18.4 Å². The highest BCUT2D eigenvalue weighted by Crippen LogP contribution is 2.14. The van der Waals surface area contributed by atoms with Crippen molar-refractivity contribution in [2.45, 2.75) is 6.54 Å². The molecule has 0 bridgehead atoms. The molecule has 2 aromatic heterocycles. The SMILES string of the molecule is Cn1ncc2c(=O)n(CC(=O)NCCNc3ccc([N+](=O)[O-])cc3)cnc21. The van der Waals surface area contributed by atoms with Crippen LogP contribution in [-0.4, -0.2) is 43.3 Å². The van der Waals surface area contributed by atoms with Crippen molar-refractivity contribution in [1.82, 2.24) is 24.6 Å². The summed E-state index contributed by atoms with van der Waals surface area (Å²) in [5.41, 5.74) is 0.854. The molecule has 0 fully saturated rings. The normalized spacial score (nSPS) is 10.7. The number of nitro benzene ring substituents is 1. The van der Waals surface area contributed by atoms with E-state index in [1.807, 2.05) is 0 Å². The molecule has 2 heterocycles. The Morgan fingerprint density at radius 3 is 2.70 bits per heavy atom. The van der Waals surface area contributed by atoms with Gasteiger partial charge in [0.15, 0.2) is 5.65 Å². The summed E-state index contributed by atoms with van der Waals surface area (Å²) in [4.78, 5) is 38.6. The van der Waals surface area contributed by atoms with E-state index in [2.05, 4.69) is 20.7 Å². The third-order valence-corrected chi connectivity index (χ3v) is 3.89. The fraction of sp³-hybridized carbons (Fsp3) is 0.250. The van der Waals surface area contributed by atoms with Gasteiger partial charge in [0, 0.05) is 38.0 Å². The average Bonchev–Trinajstić information content (AvgIpc) is 3.03. The summed E-state index contributed by atoms with van der Waals surface area (Å²) in [5, 5.41) is 20.7. The van der Waals surface area contributed by atoms with Crippen LogP contribution in [0.2, 0.25) is 0 Å². The van der Waals surface area contributed by atoms with Crippen LogP contribution in [0.15, 0.2) is 41.6 Å². The number of aromatic nitrogens is 4. The number of nitro groups is 1. The number of carbonyl (C=O) groups is 1. The smallest absolute Gasteiger partial charge is 0.269 e. The monoisotopic (exact) mass is 371 g/mol. The van der Waals surface area contributed by atoms with E-state index in [4.69, 9.17) is 0 Å². The van der Waals surface area contributed by atoms with Gasteiger partial charge in [-0.25, -0.2) is 4.98 Å². The minimum absolute atomic E-state index is 0.0125. The minimum atomic E-state index is -0.469. The fourth-order valence-electron chi connectivity index (χ4n) is 2.50. The predicted molar refractivity (Wildman–Crippen MR) is 97.4 cm³/mol. The standard InChI is InChI=1S/C16H17N7O4/c1-21-15-13(8-20-21)16(25)22(10-19-15)9-14(24)18-7-6-17-11-2-4-12(5-3-11)23(26)27/h2-5,8,10,17H,6-7,9H2,1H3,(H,18,24). The molecule has 0 saturated carbocycles. The average molecular weight is 371 g/mol. The molecule has 1 aromatic carbocycles. The first-order valence-electron chi connectivity index (χ1n) is 8.08. The summed E-state index contributed by atoms with van der Waals surface area (Å²) in [6, 6.07) is 5.98. The summed E-state index contributed by atoms with van der Waals surface area (Å²) in [6.45, 7) is 0.611. The maximum Gasteiger partial charge on any atom is 0.269 e. The van der Waals surface area contributed by atoms with Gasteiger partial charge in [-0.15, -0.1) is 0 Å². The van der Waals surface area contributed by atoms with E-state index in [0.29, 0.717) is 29.8 Å². The number of nitrogens with zero attached hydrogens (tertiary/aromatic N) is 5. The number of hydrogen-bond acceptors (Lipinski definition) is 7. The molecule has 0 spiro atoms. The molecular weight excluding hydrogens is 354 g/mol. The van der Waals surface area contributed by atoms with Crippen LogP contribution in [0.25, 0.3) is 11.0 Å². The summed E-state index contributed by atoms with van der Waals surface area (Å²) >= 11 is 0. The van der Waals surface area contributed by atoms with E-state index in [9.17, 15) is 19.7 Å². The Morgan fingerprint density at radius 1 is 1.26 bits per heavy atom. The molecule has 0 aliphatic carbocycles. The van der Waals surface area contributed by atoms with E-state index in [-0.39, 0.29) is 23.7 Å².